The molecule has 38 heavy (non-hydrogen) atoms. The van der Waals surface area contributed by atoms with Gasteiger partial charge in [0.25, 0.3) is 11.8 Å². The molecule has 11 heteroatoms. The van der Waals surface area contributed by atoms with Gasteiger partial charge in [0.2, 0.25) is 11.8 Å². The van der Waals surface area contributed by atoms with Crippen LogP contribution in [0.1, 0.15) is 76.7 Å². The molecule has 1 aliphatic heterocycles. The van der Waals surface area contributed by atoms with Crippen molar-refractivity contribution >= 4 is 29.1 Å². The molecule has 0 radical (unpaired) electrons. The third kappa shape index (κ3) is 7.05. The standard InChI is InChI=1S/C27H34N6O4S/c1-4-11-33-12-10-28-24(35)20-15-37-26(30-20)19(13-18-8-6-5-7-9-18)29-25(36)21-16-38-27(31-21)23(17(2)3)32-22(34)14-33/h5-9,15-17,19,23H,4,10-14H2,1-3H3,(H,28,35)(H,29,36)(H,32,34)/t19-,23-/m0/s1. The van der Waals surface area contributed by atoms with E-state index in [1.54, 1.807) is 5.38 Å². The second kappa shape index (κ2) is 12.8. The quantitative estimate of drug-likeness (QED) is 0.455. The van der Waals surface area contributed by atoms with Gasteiger partial charge in [-0.3, -0.25) is 19.3 Å². The minimum atomic E-state index is -0.615. The van der Waals surface area contributed by atoms with Crippen molar-refractivity contribution in [3.8, 4) is 0 Å². The third-order valence-electron chi connectivity index (χ3n) is 6.27. The zero-order chi connectivity index (χ0) is 27.1. The fourth-order valence-electron chi connectivity index (χ4n) is 4.31. The predicted molar refractivity (Wildman–Crippen MR) is 144 cm³/mol. The van der Waals surface area contributed by atoms with Gasteiger partial charge < -0.3 is 20.4 Å². The number of nitrogens with zero attached hydrogens (tertiary/aromatic N) is 3. The topological polar surface area (TPSA) is 129 Å². The minimum absolute atomic E-state index is 0.0714. The molecule has 0 unspecified atom stereocenters. The van der Waals surface area contributed by atoms with E-state index in [1.807, 2.05) is 56.0 Å². The van der Waals surface area contributed by atoms with E-state index in [0.29, 0.717) is 31.1 Å². The summed E-state index contributed by atoms with van der Waals surface area (Å²) in [6.45, 7) is 7.83. The van der Waals surface area contributed by atoms with Gasteiger partial charge >= 0.3 is 0 Å². The molecule has 3 aromatic rings. The maximum absolute atomic E-state index is 13.3. The monoisotopic (exact) mass is 538 g/mol. The first-order valence-electron chi connectivity index (χ1n) is 12.9. The van der Waals surface area contributed by atoms with E-state index in [1.165, 1.54) is 17.6 Å². The molecule has 2 atom stereocenters. The molecular formula is C27H34N6O4S. The number of aromatic nitrogens is 2. The molecule has 0 spiro atoms. The minimum Gasteiger partial charge on any atom is -0.446 e. The van der Waals surface area contributed by atoms with E-state index in [2.05, 4.69) is 25.9 Å². The van der Waals surface area contributed by atoms with E-state index in [9.17, 15) is 14.4 Å². The van der Waals surface area contributed by atoms with Crippen LogP contribution in [0.4, 0.5) is 0 Å². The van der Waals surface area contributed by atoms with Crippen LogP contribution in [0.2, 0.25) is 0 Å². The van der Waals surface area contributed by atoms with E-state index in [4.69, 9.17) is 4.42 Å². The van der Waals surface area contributed by atoms with Gasteiger partial charge in [-0.05, 0) is 24.4 Å². The second-order valence-electron chi connectivity index (χ2n) is 9.68. The van der Waals surface area contributed by atoms with Gasteiger partial charge in [-0.2, -0.15) is 0 Å². The number of hydrogen-bond acceptors (Lipinski definition) is 8. The normalized spacial score (nSPS) is 19.8. The first-order valence-corrected chi connectivity index (χ1v) is 13.8. The van der Waals surface area contributed by atoms with Crippen molar-refractivity contribution in [2.45, 2.75) is 45.7 Å². The lowest BCUT2D eigenvalue weighted by molar-refractivity contribution is -0.123. The average Bonchev–Trinajstić information content (AvgIpc) is 3.58. The Balaban J connectivity index is 1.66. The van der Waals surface area contributed by atoms with Gasteiger partial charge in [0.05, 0.1) is 12.6 Å². The van der Waals surface area contributed by atoms with Crippen molar-refractivity contribution in [3.63, 3.8) is 0 Å². The maximum Gasteiger partial charge on any atom is 0.273 e. The Hall–Kier alpha value is -3.57. The number of amides is 3. The summed E-state index contributed by atoms with van der Waals surface area (Å²) in [6, 6.07) is 8.72. The van der Waals surface area contributed by atoms with E-state index >= 15 is 0 Å². The van der Waals surface area contributed by atoms with Gasteiger partial charge in [-0.15, -0.1) is 11.3 Å². The van der Waals surface area contributed by atoms with Crippen molar-refractivity contribution in [1.29, 1.82) is 0 Å². The smallest absolute Gasteiger partial charge is 0.273 e. The highest BCUT2D eigenvalue weighted by Gasteiger charge is 2.27. The fraction of sp³-hybridized carbons (Fsp3) is 0.444. The molecule has 3 amide bonds. The SMILES string of the molecule is CCCN1CCNC(=O)c2coc(n2)[C@H](Cc2ccccc2)NC(=O)c2csc(n2)[C@H](C(C)C)NC(=O)C1. The predicted octanol–water partition coefficient (Wildman–Crippen LogP) is 3.11. The first-order chi connectivity index (χ1) is 18.3. The van der Waals surface area contributed by atoms with E-state index in [-0.39, 0.29) is 53.5 Å². The van der Waals surface area contributed by atoms with Gasteiger partial charge in [0, 0.05) is 24.9 Å². The van der Waals surface area contributed by atoms with Crippen LogP contribution in [0.25, 0.3) is 0 Å². The van der Waals surface area contributed by atoms with Crippen LogP contribution < -0.4 is 16.0 Å². The zero-order valence-electron chi connectivity index (χ0n) is 21.9. The summed E-state index contributed by atoms with van der Waals surface area (Å²) in [5.74, 6) is -0.585. The van der Waals surface area contributed by atoms with E-state index in [0.717, 1.165) is 12.0 Å². The Morgan fingerprint density at radius 1 is 1.08 bits per heavy atom. The average molecular weight is 539 g/mol. The summed E-state index contributed by atoms with van der Waals surface area (Å²) in [6.07, 6.45) is 2.59. The Labute approximate surface area is 226 Å². The highest BCUT2D eigenvalue weighted by Crippen LogP contribution is 2.26. The van der Waals surface area contributed by atoms with Crippen LogP contribution in [0.5, 0.6) is 0 Å². The number of oxazole rings is 1. The highest BCUT2D eigenvalue weighted by molar-refractivity contribution is 7.09. The molecule has 3 N–H and O–H groups in total. The number of carbonyl (C=O) groups excluding carboxylic acids is 3. The molecule has 1 aromatic carbocycles. The Kier molecular flexibility index (Phi) is 9.24. The molecule has 4 rings (SSSR count). The molecule has 4 bridgehead atoms. The molecule has 1 aliphatic rings. The lowest BCUT2D eigenvalue weighted by Crippen LogP contribution is -2.43. The Morgan fingerprint density at radius 3 is 2.61 bits per heavy atom. The summed E-state index contributed by atoms with van der Waals surface area (Å²) in [5.41, 5.74) is 1.35. The van der Waals surface area contributed by atoms with Crippen molar-refractivity contribution in [2.75, 3.05) is 26.2 Å². The van der Waals surface area contributed by atoms with E-state index < -0.39 is 6.04 Å². The summed E-state index contributed by atoms with van der Waals surface area (Å²) in [4.78, 5) is 50.0. The van der Waals surface area contributed by atoms with Crippen LogP contribution in [0.15, 0.2) is 46.4 Å². The van der Waals surface area contributed by atoms with Crippen molar-refractivity contribution in [3.05, 3.63) is 69.8 Å². The number of benzene rings is 1. The summed E-state index contributed by atoms with van der Waals surface area (Å²) < 4.78 is 5.67. The van der Waals surface area contributed by atoms with Gasteiger partial charge in [-0.1, -0.05) is 51.1 Å². The Bertz CT molecular complexity index is 1240. The number of thiazole rings is 1. The molecule has 0 fully saturated rings. The number of fused-ring (bicyclic) bond motifs is 4. The molecule has 0 saturated carbocycles. The molecule has 0 aliphatic carbocycles. The highest BCUT2D eigenvalue weighted by atomic mass is 32.1. The lowest BCUT2D eigenvalue weighted by Gasteiger charge is -2.25. The van der Waals surface area contributed by atoms with Crippen molar-refractivity contribution < 1.29 is 18.8 Å². The van der Waals surface area contributed by atoms with Crippen LogP contribution in [0.3, 0.4) is 0 Å². The third-order valence-corrected chi connectivity index (χ3v) is 7.19. The largest absolute Gasteiger partial charge is 0.446 e. The molecule has 3 heterocycles. The Morgan fingerprint density at radius 2 is 1.87 bits per heavy atom. The molecule has 202 valence electrons. The van der Waals surface area contributed by atoms with Gasteiger partial charge in [-0.25, -0.2) is 9.97 Å². The van der Waals surface area contributed by atoms with Crippen LogP contribution >= 0.6 is 11.3 Å². The second-order valence-corrected chi connectivity index (χ2v) is 10.6. The van der Waals surface area contributed by atoms with Crippen molar-refractivity contribution in [1.82, 2.24) is 30.8 Å². The zero-order valence-corrected chi connectivity index (χ0v) is 22.7. The van der Waals surface area contributed by atoms with Crippen LogP contribution in [-0.2, 0) is 11.2 Å². The number of hydrogen-bond donors (Lipinski definition) is 3. The van der Waals surface area contributed by atoms with Crippen LogP contribution in [0, 0.1) is 5.92 Å². The van der Waals surface area contributed by atoms with Gasteiger partial charge in [0.15, 0.2) is 5.69 Å². The summed E-state index contributed by atoms with van der Waals surface area (Å²) in [7, 11) is 0. The maximum atomic E-state index is 13.3. The number of nitrogens with one attached hydrogen (secondary N) is 3. The molecule has 10 nitrogen and oxygen atoms in total. The molecule has 0 saturated heterocycles. The summed E-state index contributed by atoms with van der Waals surface area (Å²) in [5, 5.41) is 11.3. The van der Waals surface area contributed by atoms with Crippen LogP contribution in [-0.4, -0.2) is 58.8 Å². The number of carbonyl (C=O) groups is 3. The van der Waals surface area contributed by atoms with Crippen molar-refractivity contribution in [2.24, 2.45) is 5.92 Å². The summed E-state index contributed by atoms with van der Waals surface area (Å²) >= 11 is 1.34. The van der Waals surface area contributed by atoms with Gasteiger partial charge in [0.1, 0.15) is 23.0 Å². The molecule has 2 aromatic heterocycles. The first kappa shape index (κ1) is 27.5. The fourth-order valence-corrected chi connectivity index (χ4v) is 5.33. The number of rotatable bonds is 5. The molecular weight excluding hydrogens is 504 g/mol. The lowest BCUT2D eigenvalue weighted by atomic mass is 10.0.